The zero-order valence-electron chi connectivity index (χ0n) is 11.8. The van der Waals surface area contributed by atoms with Gasteiger partial charge in [0.25, 0.3) is 0 Å². The van der Waals surface area contributed by atoms with E-state index in [1.807, 2.05) is 18.9 Å². The van der Waals surface area contributed by atoms with E-state index in [4.69, 9.17) is 0 Å². The first-order valence-corrected chi connectivity index (χ1v) is 6.57. The highest BCUT2D eigenvalue weighted by Crippen LogP contribution is 2.08. The van der Waals surface area contributed by atoms with Crippen molar-refractivity contribution in [3.63, 3.8) is 0 Å². The summed E-state index contributed by atoms with van der Waals surface area (Å²) in [6, 6.07) is 14.0. The Morgan fingerprint density at radius 2 is 1.85 bits per heavy atom. The Morgan fingerprint density at radius 3 is 2.50 bits per heavy atom. The van der Waals surface area contributed by atoms with E-state index in [1.54, 1.807) is 12.1 Å². The van der Waals surface area contributed by atoms with Crippen molar-refractivity contribution in [1.82, 2.24) is 4.90 Å². The Bertz CT molecular complexity index is 592. The molecule has 0 unspecified atom stereocenters. The van der Waals surface area contributed by atoms with Crippen LogP contribution in [0.5, 0.6) is 0 Å². The first kappa shape index (κ1) is 14.4. The van der Waals surface area contributed by atoms with Crippen LogP contribution in [-0.2, 0) is 6.54 Å². The Kier molecular flexibility index (Phi) is 4.64. The molecule has 0 fully saturated rings. The molecule has 0 bridgehead atoms. The number of hydrogen-bond acceptors (Lipinski definition) is 2. The molecule has 0 aromatic heterocycles. The van der Waals surface area contributed by atoms with Gasteiger partial charge in [0.2, 0.25) is 0 Å². The van der Waals surface area contributed by atoms with Crippen LogP contribution < -0.4 is 0 Å². The van der Waals surface area contributed by atoms with E-state index in [-0.39, 0.29) is 18.1 Å². The number of hydrogen-bond donors (Lipinski definition) is 0. The van der Waals surface area contributed by atoms with Crippen LogP contribution in [0.25, 0.3) is 0 Å². The average Bonchev–Trinajstić information content (AvgIpc) is 2.41. The van der Waals surface area contributed by atoms with Crippen molar-refractivity contribution in [2.45, 2.75) is 13.5 Å². The fourth-order valence-corrected chi connectivity index (χ4v) is 2.06. The van der Waals surface area contributed by atoms with Gasteiger partial charge >= 0.3 is 0 Å². The van der Waals surface area contributed by atoms with Crippen LogP contribution in [0.15, 0.2) is 48.5 Å². The molecular weight excluding hydrogens is 253 g/mol. The first-order valence-electron chi connectivity index (χ1n) is 6.57. The summed E-state index contributed by atoms with van der Waals surface area (Å²) in [7, 11) is 1.89. The molecule has 2 nitrogen and oxygen atoms in total. The minimum atomic E-state index is -0.378. The van der Waals surface area contributed by atoms with E-state index in [0.717, 1.165) is 5.56 Å². The minimum absolute atomic E-state index is 0.0703. The van der Waals surface area contributed by atoms with Gasteiger partial charge in [-0.15, -0.1) is 0 Å². The lowest BCUT2D eigenvalue weighted by Gasteiger charge is -2.16. The van der Waals surface area contributed by atoms with Crippen molar-refractivity contribution >= 4 is 5.78 Å². The van der Waals surface area contributed by atoms with Crippen molar-refractivity contribution in [2.75, 3.05) is 13.6 Å². The van der Waals surface area contributed by atoms with Crippen molar-refractivity contribution in [3.05, 3.63) is 71.0 Å². The number of halogens is 1. The summed E-state index contributed by atoms with van der Waals surface area (Å²) >= 11 is 0. The van der Waals surface area contributed by atoms with Crippen LogP contribution in [0, 0.1) is 12.7 Å². The zero-order chi connectivity index (χ0) is 14.5. The van der Waals surface area contributed by atoms with Crippen LogP contribution in [0.4, 0.5) is 4.39 Å². The number of benzene rings is 2. The molecule has 20 heavy (non-hydrogen) atoms. The van der Waals surface area contributed by atoms with Gasteiger partial charge in [0, 0.05) is 12.1 Å². The third-order valence-corrected chi connectivity index (χ3v) is 3.13. The van der Waals surface area contributed by atoms with Crippen molar-refractivity contribution in [2.24, 2.45) is 0 Å². The van der Waals surface area contributed by atoms with E-state index in [0.29, 0.717) is 12.1 Å². The van der Waals surface area contributed by atoms with Gasteiger partial charge in [-0.25, -0.2) is 4.39 Å². The fourth-order valence-electron chi connectivity index (χ4n) is 2.06. The molecule has 0 radical (unpaired) electrons. The van der Waals surface area contributed by atoms with Crippen molar-refractivity contribution in [3.8, 4) is 0 Å². The largest absolute Gasteiger partial charge is 0.295 e. The molecule has 0 spiro atoms. The lowest BCUT2D eigenvalue weighted by atomic mass is 10.1. The maximum absolute atomic E-state index is 13.1. The number of carbonyl (C=O) groups is 1. The molecule has 0 aliphatic heterocycles. The fraction of sp³-hybridized carbons (Fsp3) is 0.235. The number of carbonyl (C=O) groups excluding carboxylic acids is 1. The number of rotatable bonds is 5. The second-order valence-electron chi connectivity index (χ2n) is 5.09. The highest BCUT2D eigenvalue weighted by molar-refractivity contribution is 5.97. The normalized spacial score (nSPS) is 10.8. The summed E-state index contributed by atoms with van der Waals surface area (Å²) in [6.45, 7) is 3.01. The minimum Gasteiger partial charge on any atom is -0.295 e. The lowest BCUT2D eigenvalue weighted by Crippen LogP contribution is -2.25. The number of ketones is 1. The predicted octanol–water partition coefficient (Wildman–Crippen LogP) is 3.45. The van der Waals surface area contributed by atoms with Gasteiger partial charge < -0.3 is 0 Å². The highest BCUT2D eigenvalue weighted by atomic mass is 19.1. The van der Waals surface area contributed by atoms with Crippen LogP contribution in [0.1, 0.15) is 21.5 Å². The lowest BCUT2D eigenvalue weighted by molar-refractivity contribution is 0.0942. The first-order chi connectivity index (χ1) is 9.54. The average molecular weight is 271 g/mol. The molecular formula is C17H18FNO. The van der Waals surface area contributed by atoms with E-state index >= 15 is 0 Å². The summed E-state index contributed by atoms with van der Waals surface area (Å²) in [6.07, 6.45) is 0. The summed E-state index contributed by atoms with van der Waals surface area (Å²) in [5, 5.41) is 0. The van der Waals surface area contributed by atoms with Gasteiger partial charge in [-0.2, -0.15) is 0 Å². The van der Waals surface area contributed by atoms with E-state index in [9.17, 15) is 9.18 Å². The number of likely N-dealkylation sites (N-methyl/N-ethyl adjacent to an activating group) is 1. The molecule has 2 aromatic rings. The Balaban J connectivity index is 1.95. The second kappa shape index (κ2) is 6.44. The molecule has 0 amide bonds. The maximum Gasteiger partial charge on any atom is 0.176 e. The third kappa shape index (κ3) is 4.00. The van der Waals surface area contributed by atoms with Crippen molar-refractivity contribution < 1.29 is 9.18 Å². The molecule has 0 atom stereocenters. The topological polar surface area (TPSA) is 20.3 Å². The standard InChI is InChI=1S/C17H18FNO/c1-13-6-8-14(9-7-13)11-19(2)12-17(20)15-4-3-5-16(18)10-15/h3-10H,11-12H2,1-2H3. The number of Topliss-reactive ketones (excluding diaryl/α,β-unsaturated/α-hetero) is 1. The molecule has 2 aromatic carbocycles. The maximum atomic E-state index is 13.1. The molecule has 0 heterocycles. The third-order valence-electron chi connectivity index (χ3n) is 3.13. The van der Waals surface area contributed by atoms with E-state index in [2.05, 4.69) is 24.3 Å². The quantitative estimate of drug-likeness (QED) is 0.776. The van der Waals surface area contributed by atoms with Crippen LogP contribution in [-0.4, -0.2) is 24.3 Å². The van der Waals surface area contributed by atoms with Gasteiger partial charge in [-0.3, -0.25) is 9.69 Å². The monoisotopic (exact) mass is 271 g/mol. The summed E-state index contributed by atoms with van der Waals surface area (Å²) in [5.74, 6) is -0.448. The predicted molar refractivity (Wildman–Crippen MR) is 78.2 cm³/mol. The van der Waals surface area contributed by atoms with Crippen LogP contribution in [0.3, 0.4) is 0 Å². The smallest absolute Gasteiger partial charge is 0.176 e. The summed E-state index contributed by atoms with van der Waals surface area (Å²) < 4.78 is 13.1. The van der Waals surface area contributed by atoms with E-state index in [1.165, 1.54) is 17.7 Å². The SMILES string of the molecule is Cc1ccc(CN(C)CC(=O)c2cccc(F)c2)cc1. The van der Waals surface area contributed by atoms with E-state index < -0.39 is 0 Å². The summed E-state index contributed by atoms with van der Waals surface area (Å²) in [4.78, 5) is 14.0. The molecule has 0 N–H and O–H groups in total. The Morgan fingerprint density at radius 1 is 1.15 bits per heavy atom. The number of nitrogens with zero attached hydrogens (tertiary/aromatic N) is 1. The Labute approximate surface area is 118 Å². The number of aryl methyl sites for hydroxylation is 1. The second-order valence-corrected chi connectivity index (χ2v) is 5.09. The summed E-state index contributed by atoms with van der Waals surface area (Å²) in [5.41, 5.74) is 2.79. The molecule has 0 aliphatic rings. The molecule has 2 rings (SSSR count). The van der Waals surface area contributed by atoms with Gasteiger partial charge in [0.1, 0.15) is 5.82 Å². The van der Waals surface area contributed by atoms with Gasteiger partial charge in [-0.1, -0.05) is 42.0 Å². The Hall–Kier alpha value is -2.00. The van der Waals surface area contributed by atoms with Gasteiger partial charge in [0.05, 0.1) is 6.54 Å². The van der Waals surface area contributed by atoms with Crippen molar-refractivity contribution in [1.29, 1.82) is 0 Å². The molecule has 0 aliphatic carbocycles. The van der Waals surface area contributed by atoms with Crippen LogP contribution in [0.2, 0.25) is 0 Å². The van der Waals surface area contributed by atoms with Crippen LogP contribution >= 0.6 is 0 Å². The zero-order valence-corrected chi connectivity index (χ0v) is 11.8. The molecule has 3 heteroatoms. The van der Waals surface area contributed by atoms with Gasteiger partial charge in [-0.05, 0) is 31.7 Å². The molecule has 0 saturated carbocycles. The van der Waals surface area contributed by atoms with Gasteiger partial charge in [0.15, 0.2) is 5.78 Å². The highest BCUT2D eigenvalue weighted by Gasteiger charge is 2.10. The molecule has 0 saturated heterocycles. The molecule has 104 valence electrons.